The van der Waals surface area contributed by atoms with E-state index in [9.17, 15) is 45.6 Å². The minimum atomic E-state index is -1.79. The van der Waals surface area contributed by atoms with Crippen molar-refractivity contribution in [2.45, 2.75) is 248 Å². The second kappa shape index (κ2) is 44.1. The number of amides is 1. The predicted octanol–water partition coefficient (Wildman–Crippen LogP) is 8.71. The summed E-state index contributed by atoms with van der Waals surface area (Å²) in [6, 6.07) is -0.841. The lowest BCUT2D eigenvalue weighted by Gasteiger charge is -2.46. The summed E-state index contributed by atoms with van der Waals surface area (Å²) in [6.07, 6.45) is 42.9. The van der Waals surface area contributed by atoms with Crippen molar-refractivity contribution in [1.29, 1.82) is 0 Å². The topological polar surface area (TPSA) is 228 Å². The van der Waals surface area contributed by atoms with E-state index in [-0.39, 0.29) is 18.9 Å². The molecule has 0 saturated carbocycles. The summed E-state index contributed by atoms with van der Waals surface area (Å²) < 4.78 is 22.7. The van der Waals surface area contributed by atoms with Crippen molar-refractivity contribution in [3.05, 3.63) is 97.2 Å². The van der Waals surface area contributed by atoms with Gasteiger partial charge in [-0.3, -0.25) is 4.79 Å². The normalized spacial score (nSPS) is 26.2. The van der Waals surface area contributed by atoms with Crippen molar-refractivity contribution < 1.29 is 64.6 Å². The third-order valence-corrected chi connectivity index (χ3v) is 13.1. The molecule has 0 spiro atoms. The number of aliphatic hydroxyl groups excluding tert-OH is 8. The van der Waals surface area contributed by atoms with Gasteiger partial charge in [0.15, 0.2) is 12.6 Å². The Labute approximate surface area is 439 Å². The zero-order valence-electron chi connectivity index (χ0n) is 44.6. The third kappa shape index (κ3) is 30.3. The fourth-order valence-corrected chi connectivity index (χ4v) is 8.54. The van der Waals surface area contributed by atoms with Crippen LogP contribution in [0.2, 0.25) is 0 Å². The minimum absolute atomic E-state index is 0.230. The first-order valence-electron chi connectivity index (χ1n) is 28.0. The van der Waals surface area contributed by atoms with Gasteiger partial charge in [-0.1, -0.05) is 188 Å². The summed E-state index contributed by atoms with van der Waals surface area (Å²) in [6.45, 7) is 2.66. The van der Waals surface area contributed by atoms with Crippen molar-refractivity contribution in [1.82, 2.24) is 5.32 Å². The van der Waals surface area contributed by atoms with E-state index in [1.54, 1.807) is 0 Å². The summed E-state index contributed by atoms with van der Waals surface area (Å²) in [4.78, 5) is 13.2. The first-order valence-corrected chi connectivity index (χ1v) is 28.0. The zero-order chi connectivity index (χ0) is 53.2. The van der Waals surface area contributed by atoms with E-state index in [2.05, 4.69) is 116 Å². The Kier molecular flexibility index (Phi) is 39.9. The molecule has 2 heterocycles. The van der Waals surface area contributed by atoms with Gasteiger partial charge in [-0.05, 0) is 77.0 Å². The van der Waals surface area contributed by atoms with Crippen LogP contribution in [0.4, 0.5) is 0 Å². The number of hydrogen-bond donors (Lipinski definition) is 9. The molecule has 2 rings (SSSR count). The van der Waals surface area contributed by atoms with Crippen LogP contribution < -0.4 is 5.32 Å². The molecular formula is C59H99NO13. The molecule has 0 aromatic heterocycles. The monoisotopic (exact) mass is 1030 g/mol. The second-order valence-corrected chi connectivity index (χ2v) is 19.3. The van der Waals surface area contributed by atoms with Crippen LogP contribution in [-0.2, 0) is 23.7 Å². The number of carbonyl (C=O) groups excluding carboxylic acids is 1. The average molecular weight is 1030 g/mol. The smallest absolute Gasteiger partial charge is 0.220 e. The van der Waals surface area contributed by atoms with E-state index >= 15 is 0 Å². The summed E-state index contributed by atoms with van der Waals surface area (Å²) in [5.41, 5.74) is 0. The van der Waals surface area contributed by atoms with Crippen LogP contribution in [0.15, 0.2) is 97.2 Å². The Morgan fingerprint density at radius 2 is 0.945 bits per heavy atom. The van der Waals surface area contributed by atoms with Crippen LogP contribution in [0.25, 0.3) is 0 Å². The molecule has 2 saturated heterocycles. The highest BCUT2D eigenvalue weighted by atomic mass is 16.7. The van der Waals surface area contributed by atoms with Gasteiger partial charge in [0.05, 0.1) is 32.0 Å². The van der Waals surface area contributed by atoms with Gasteiger partial charge in [-0.2, -0.15) is 0 Å². The van der Waals surface area contributed by atoms with Gasteiger partial charge in [-0.25, -0.2) is 0 Å². The molecule has 0 aliphatic carbocycles. The lowest BCUT2D eigenvalue weighted by atomic mass is 9.97. The highest BCUT2D eigenvalue weighted by Crippen LogP contribution is 2.30. The molecule has 0 aromatic carbocycles. The van der Waals surface area contributed by atoms with Crippen LogP contribution in [0, 0.1) is 0 Å². The van der Waals surface area contributed by atoms with Gasteiger partial charge < -0.3 is 65.1 Å². The Morgan fingerprint density at radius 1 is 0.507 bits per heavy atom. The van der Waals surface area contributed by atoms with Crippen LogP contribution in [0.1, 0.15) is 174 Å². The number of carbonyl (C=O) groups is 1. The quantitative estimate of drug-likeness (QED) is 0.0206. The van der Waals surface area contributed by atoms with Crippen LogP contribution in [0.3, 0.4) is 0 Å². The molecule has 2 aliphatic rings. The molecule has 2 fully saturated rings. The number of hydrogen-bond acceptors (Lipinski definition) is 13. The van der Waals surface area contributed by atoms with E-state index < -0.39 is 86.8 Å². The largest absolute Gasteiger partial charge is 0.394 e. The van der Waals surface area contributed by atoms with Crippen LogP contribution in [0.5, 0.6) is 0 Å². The molecule has 0 aromatic rings. The second-order valence-electron chi connectivity index (χ2n) is 19.3. The summed E-state index contributed by atoms with van der Waals surface area (Å²) in [7, 11) is 0. The Hall–Kier alpha value is -3.09. The highest BCUT2D eigenvalue weighted by molar-refractivity contribution is 5.76. The van der Waals surface area contributed by atoms with Crippen molar-refractivity contribution in [2.24, 2.45) is 0 Å². The van der Waals surface area contributed by atoms with Gasteiger partial charge in [-0.15, -0.1) is 0 Å². The maximum atomic E-state index is 13.2. The minimum Gasteiger partial charge on any atom is -0.394 e. The van der Waals surface area contributed by atoms with E-state index in [0.29, 0.717) is 12.8 Å². The van der Waals surface area contributed by atoms with E-state index in [1.165, 1.54) is 25.7 Å². The molecular weight excluding hydrogens is 931 g/mol. The number of nitrogens with one attached hydrogen (secondary N) is 1. The highest BCUT2D eigenvalue weighted by Gasteiger charge is 2.51. The average Bonchev–Trinajstić information content (AvgIpc) is 3.39. The number of allylic oxidation sites excluding steroid dienone is 16. The molecule has 0 radical (unpaired) electrons. The van der Waals surface area contributed by atoms with Gasteiger partial charge >= 0.3 is 0 Å². The molecule has 12 unspecified atom stereocenters. The van der Waals surface area contributed by atoms with E-state index in [4.69, 9.17) is 18.9 Å². The maximum absolute atomic E-state index is 13.2. The number of aliphatic hydroxyl groups is 8. The van der Waals surface area contributed by atoms with Crippen molar-refractivity contribution in [3.8, 4) is 0 Å². The third-order valence-electron chi connectivity index (χ3n) is 13.1. The molecule has 9 N–H and O–H groups in total. The first-order chi connectivity index (χ1) is 35.6. The fourth-order valence-electron chi connectivity index (χ4n) is 8.54. The lowest BCUT2D eigenvalue weighted by Crippen LogP contribution is -2.65. The molecule has 14 heteroatoms. The van der Waals surface area contributed by atoms with Crippen molar-refractivity contribution in [3.63, 3.8) is 0 Å². The molecule has 0 bridgehead atoms. The van der Waals surface area contributed by atoms with E-state index in [0.717, 1.165) is 116 Å². The fraction of sp³-hybridized carbons (Fsp3) is 0.712. The first kappa shape index (κ1) is 66.0. The molecule has 1 amide bonds. The van der Waals surface area contributed by atoms with Crippen molar-refractivity contribution in [2.75, 3.05) is 19.8 Å². The summed E-state index contributed by atoms with van der Waals surface area (Å²) >= 11 is 0. The van der Waals surface area contributed by atoms with Crippen LogP contribution >= 0.6 is 0 Å². The maximum Gasteiger partial charge on any atom is 0.220 e. The van der Waals surface area contributed by atoms with Gasteiger partial charge in [0, 0.05) is 6.42 Å². The Bertz CT molecular complexity index is 1590. The predicted molar refractivity (Wildman–Crippen MR) is 290 cm³/mol. The molecule has 418 valence electrons. The van der Waals surface area contributed by atoms with Gasteiger partial charge in [0.2, 0.25) is 5.91 Å². The SMILES string of the molecule is CC/C=C\C/C=C\C/C=C\C/C=C\C/C=C\C/C=C\C/C=C\C/C=C\CCCCCCCCC(=O)NC(COC1OC(CO)C(OC2OC(CO)C(O)C(O)C2O)C(O)C1O)C(O)CCCCCCCCCC. The standard InChI is InChI=1S/C59H99NO13/c1-3-5-7-9-11-13-14-15-16-17-18-19-20-21-22-23-24-25-26-27-28-29-30-31-32-33-34-35-37-39-41-43-51(64)60-47(48(63)42-40-38-36-12-10-8-6-4-2)46-70-58-56(69)54(67)57(50(45-62)72-58)73-59-55(68)53(66)52(65)49(44-61)71-59/h5,7,11,13,15-16,18-19,21-22,24-25,27-28,30-31,47-50,52-59,61-63,65-69H,3-4,6,8-10,12,14,17,20,23,26,29,32-46H2,1-2H3,(H,60,64)/b7-5-,13-11-,16-15-,19-18-,22-21-,25-24-,28-27-,31-30-. The Morgan fingerprint density at radius 3 is 1.45 bits per heavy atom. The number of unbranched alkanes of at least 4 members (excludes halogenated alkanes) is 13. The summed E-state index contributed by atoms with van der Waals surface area (Å²) in [5, 5.41) is 86.8. The summed E-state index contributed by atoms with van der Waals surface area (Å²) in [5.74, 6) is -0.230. The number of rotatable bonds is 42. The van der Waals surface area contributed by atoms with Gasteiger partial charge in [0.25, 0.3) is 0 Å². The Balaban J connectivity index is 1.67. The number of ether oxygens (including phenoxy) is 4. The van der Waals surface area contributed by atoms with Gasteiger partial charge in [0.1, 0.15) is 48.8 Å². The van der Waals surface area contributed by atoms with E-state index in [1.807, 2.05) is 0 Å². The molecule has 12 atom stereocenters. The lowest BCUT2D eigenvalue weighted by molar-refractivity contribution is -0.359. The molecule has 73 heavy (non-hydrogen) atoms. The molecule has 2 aliphatic heterocycles. The van der Waals surface area contributed by atoms with Crippen LogP contribution in [-0.4, -0.2) is 140 Å². The zero-order valence-corrected chi connectivity index (χ0v) is 44.6. The molecule has 14 nitrogen and oxygen atoms in total. The van der Waals surface area contributed by atoms with Crippen molar-refractivity contribution >= 4 is 5.91 Å².